The Morgan fingerprint density at radius 3 is 2.16 bits per heavy atom. The van der Waals surface area contributed by atoms with Gasteiger partial charge in [-0.25, -0.2) is 4.79 Å². The molecule has 0 bridgehead atoms. The van der Waals surface area contributed by atoms with Crippen LogP contribution in [0.3, 0.4) is 0 Å². The van der Waals surface area contributed by atoms with Gasteiger partial charge in [0.15, 0.2) is 6.04 Å². The van der Waals surface area contributed by atoms with Crippen molar-refractivity contribution < 1.29 is 24.6 Å². The van der Waals surface area contributed by atoms with Crippen molar-refractivity contribution in [1.29, 1.82) is 0 Å². The molecule has 0 saturated carbocycles. The van der Waals surface area contributed by atoms with Gasteiger partial charge in [-0.3, -0.25) is 9.59 Å². The first-order valence-electron chi connectivity index (χ1n) is 5.85. The first kappa shape index (κ1) is 17.0. The van der Waals surface area contributed by atoms with Gasteiger partial charge in [-0.2, -0.15) is 0 Å². The van der Waals surface area contributed by atoms with Crippen LogP contribution in [0, 0.1) is 10.8 Å². The van der Waals surface area contributed by atoms with Crippen LogP contribution in [0.5, 0.6) is 0 Å². The summed E-state index contributed by atoms with van der Waals surface area (Å²) in [6.45, 7) is 3.59. The molecule has 3 N–H and O–H groups in total. The number of carbonyl (C=O) groups excluding carboxylic acids is 1. The quantitative estimate of drug-likeness (QED) is 0.527. The summed E-state index contributed by atoms with van der Waals surface area (Å²) in [5.41, 5.74) is 0. The van der Waals surface area contributed by atoms with Crippen molar-refractivity contribution in [2.24, 2.45) is 11.1 Å². The molecule has 108 valence electrons. The number of hydrogen-bond donors (Lipinski definition) is 3. The molecule has 1 amide bonds. The minimum atomic E-state index is -1.34. The maximum atomic E-state index is 11.7. The number of nitrogens with one attached hydrogen (secondary N) is 1. The summed E-state index contributed by atoms with van der Waals surface area (Å²) >= 11 is 0. The number of nitroso groups, excluding NO2 is 1. The Kier molecular flexibility index (Phi) is 7.32. The summed E-state index contributed by atoms with van der Waals surface area (Å²) in [6, 6.07) is -2.49. The van der Waals surface area contributed by atoms with Gasteiger partial charge in [0.1, 0.15) is 6.04 Å². The molecular weight excluding hydrogens is 256 g/mol. The summed E-state index contributed by atoms with van der Waals surface area (Å²) < 4.78 is 0. The fourth-order valence-corrected chi connectivity index (χ4v) is 1.44. The molecule has 0 aromatic rings. The van der Waals surface area contributed by atoms with E-state index in [1.54, 1.807) is 13.8 Å². The van der Waals surface area contributed by atoms with Crippen LogP contribution in [0.1, 0.15) is 33.1 Å². The van der Waals surface area contributed by atoms with Crippen LogP contribution >= 0.6 is 0 Å². The van der Waals surface area contributed by atoms with E-state index in [0.717, 1.165) is 0 Å². The molecule has 8 heteroatoms. The number of carboxylic acid groups (broad SMARTS) is 2. The summed E-state index contributed by atoms with van der Waals surface area (Å²) in [5.74, 6) is -3.24. The van der Waals surface area contributed by atoms with Crippen LogP contribution in [0.2, 0.25) is 0 Å². The Hall–Kier alpha value is -1.99. The molecule has 0 unspecified atom stereocenters. The lowest BCUT2D eigenvalue weighted by molar-refractivity contribution is -0.143. The fourth-order valence-electron chi connectivity index (χ4n) is 1.44. The molecule has 0 aliphatic rings. The Morgan fingerprint density at radius 2 is 1.79 bits per heavy atom. The maximum absolute atomic E-state index is 11.7. The van der Waals surface area contributed by atoms with E-state index in [-0.39, 0.29) is 25.2 Å². The Balaban J connectivity index is 4.55. The van der Waals surface area contributed by atoms with Gasteiger partial charge in [-0.05, 0) is 18.8 Å². The van der Waals surface area contributed by atoms with Crippen LogP contribution < -0.4 is 5.32 Å². The first-order valence-corrected chi connectivity index (χ1v) is 5.85. The highest BCUT2D eigenvalue weighted by Crippen LogP contribution is 2.09. The monoisotopic (exact) mass is 274 g/mol. The molecule has 0 aliphatic heterocycles. The van der Waals surface area contributed by atoms with Gasteiger partial charge in [0.05, 0.1) is 0 Å². The lowest BCUT2D eigenvalue weighted by Gasteiger charge is -2.16. The van der Waals surface area contributed by atoms with E-state index in [9.17, 15) is 19.3 Å². The third kappa shape index (κ3) is 7.12. The first-order chi connectivity index (χ1) is 8.77. The molecule has 0 fully saturated rings. The second-order valence-corrected chi connectivity index (χ2v) is 4.58. The van der Waals surface area contributed by atoms with Crippen LogP contribution in [-0.4, -0.2) is 40.1 Å². The largest absolute Gasteiger partial charge is 0.481 e. The number of rotatable bonds is 9. The lowest BCUT2D eigenvalue weighted by Crippen LogP contribution is -2.45. The molecule has 0 spiro atoms. The molecule has 0 aromatic carbocycles. The van der Waals surface area contributed by atoms with Crippen molar-refractivity contribution >= 4 is 17.8 Å². The van der Waals surface area contributed by atoms with Gasteiger partial charge < -0.3 is 15.5 Å². The maximum Gasteiger partial charge on any atom is 0.326 e. The molecule has 8 nitrogen and oxygen atoms in total. The molecule has 0 aromatic heterocycles. The summed E-state index contributed by atoms with van der Waals surface area (Å²) in [7, 11) is 0. The van der Waals surface area contributed by atoms with Crippen molar-refractivity contribution in [2.45, 2.75) is 45.2 Å². The number of carboxylic acids is 2. The summed E-state index contributed by atoms with van der Waals surface area (Å²) in [5, 5.41) is 22.1. The SMILES string of the molecule is CC(C)C[C@H](N=O)C(=O)N[C@@H](CCC(=O)O)C(=O)O. The molecular formula is C11H18N2O6. The molecule has 0 radical (unpaired) electrons. The number of aliphatic carboxylic acids is 2. The lowest BCUT2D eigenvalue weighted by atomic mass is 10.0. The van der Waals surface area contributed by atoms with E-state index in [2.05, 4.69) is 10.5 Å². The Morgan fingerprint density at radius 1 is 1.21 bits per heavy atom. The van der Waals surface area contributed by atoms with Gasteiger partial charge in [-0.1, -0.05) is 19.0 Å². The van der Waals surface area contributed by atoms with Crippen molar-refractivity contribution in [3.05, 3.63) is 4.91 Å². The smallest absolute Gasteiger partial charge is 0.326 e. The Labute approximate surface area is 110 Å². The second-order valence-electron chi connectivity index (χ2n) is 4.58. The predicted octanol–water partition coefficient (Wildman–Crippen LogP) is 0.602. The van der Waals surface area contributed by atoms with E-state index in [0.29, 0.717) is 0 Å². The number of nitrogens with zero attached hydrogens (tertiary/aromatic N) is 1. The number of hydrogen-bond acceptors (Lipinski definition) is 5. The standard InChI is InChI=1S/C11H18N2O6/c1-6(2)5-8(13-19)10(16)12-7(11(17)18)3-4-9(14)15/h6-8H,3-5H2,1-2H3,(H,12,16)(H,14,15)(H,17,18)/t7-,8-/m0/s1. The molecule has 0 rings (SSSR count). The van der Waals surface area contributed by atoms with E-state index in [1.165, 1.54) is 0 Å². The van der Waals surface area contributed by atoms with Crippen LogP contribution in [-0.2, 0) is 14.4 Å². The fraction of sp³-hybridized carbons (Fsp3) is 0.727. The highest BCUT2D eigenvalue weighted by Gasteiger charge is 2.26. The van der Waals surface area contributed by atoms with Gasteiger partial charge >= 0.3 is 11.9 Å². The van der Waals surface area contributed by atoms with Gasteiger partial charge in [0, 0.05) is 6.42 Å². The van der Waals surface area contributed by atoms with Gasteiger partial charge in [0.25, 0.3) is 0 Å². The van der Waals surface area contributed by atoms with E-state index < -0.39 is 29.9 Å². The number of amides is 1. The average Bonchev–Trinajstić information content (AvgIpc) is 2.30. The zero-order valence-corrected chi connectivity index (χ0v) is 10.8. The van der Waals surface area contributed by atoms with E-state index >= 15 is 0 Å². The van der Waals surface area contributed by atoms with E-state index in [4.69, 9.17) is 10.2 Å². The van der Waals surface area contributed by atoms with Crippen LogP contribution in [0.4, 0.5) is 0 Å². The predicted molar refractivity (Wildman–Crippen MR) is 65.5 cm³/mol. The van der Waals surface area contributed by atoms with Crippen molar-refractivity contribution in [3.8, 4) is 0 Å². The zero-order chi connectivity index (χ0) is 15.0. The third-order valence-electron chi connectivity index (χ3n) is 2.39. The molecule has 0 aliphatic carbocycles. The van der Waals surface area contributed by atoms with E-state index in [1.807, 2.05) is 0 Å². The van der Waals surface area contributed by atoms with Gasteiger partial charge in [0.2, 0.25) is 5.91 Å². The summed E-state index contributed by atoms with van der Waals surface area (Å²) in [4.78, 5) is 43.4. The normalized spacial score (nSPS) is 13.6. The van der Waals surface area contributed by atoms with Crippen molar-refractivity contribution in [3.63, 3.8) is 0 Å². The van der Waals surface area contributed by atoms with Crippen molar-refractivity contribution in [2.75, 3.05) is 0 Å². The van der Waals surface area contributed by atoms with Crippen LogP contribution in [0.25, 0.3) is 0 Å². The second kappa shape index (κ2) is 8.17. The topological polar surface area (TPSA) is 133 Å². The highest BCUT2D eigenvalue weighted by molar-refractivity contribution is 5.87. The Bertz CT molecular complexity index is 355. The molecule has 0 heterocycles. The minimum Gasteiger partial charge on any atom is -0.481 e. The van der Waals surface area contributed by atoms with Gasteiger partial charge in [-0.15, -0.1) is 4.91 Å². The third-order valence-corrected chi connectivity index (χ3v) is 2.39. The van der Waals surface area contributed by atoms with Crippen molar-refractivity contribution in [1.82, 2.24) is 5.32 Å². The van der Waals surface area contributed by atoms with Crippen LogP contribution in [0.15, 0.2) is 5.18 Å². The molecule has 19 heavy (non-hydrogen) atoms. The zero-order valence-electron chi connectivity index (χ0n) is 10.8. The summed E-state index contributed by atoms with van der Waals surface area (Å²) in [6.07, 6.45) is -0.426. The highest BCUT2D eigenvalue weighted by atomic mass is 16.4. The number of carbonyl (C=O) groups is 3. The average molecular weight is 274 g/mol. The minimum absolute atomic E-state index is 0.0516. The molecule has 2 atom stereocenters. The molecule has 0 saturated heterocycles.